The van der Waals surface area contributed by atoms with Crippen LogP contribution in [0.5, 0.6) is 0 Å². The van der Waals surface area contributed by atoms with Crippen LogP contribution in [0, 0.1) is 0 Å². The van der Waals surface area contributed by atoms with E-state index in [1.54, 1.807) is 24.3 Å². The van der Waals surface area contributed by atoms with E-state index in [1.807, 2.05) is 13.8 Å². The molecule has 0 aliphatic rings. The monoisotopic (exact) mass is 328 g/mol. The van der Waals surface area contributed by atoms with Gasteiger partial charge in [-0.05, 0) is 37.6 Å². The number of rotatable bonds is 6. The van der Waals surface area contributed by atoms with Crippen molar-refractivity contribution in [1.82, 2.24) is 15.3 Å². The first-order valence-corrected chi connectivity index (χ1v) is 7.61. The van der Waals surface area contributed by atoms with Gasteiger partial charge in [-0.3, -0.25) is 4.79 Å². The van der Waals surface area contributed by atoms with Crippen LogP contribution in [0.25, 0.3) is 0 Å². The van der Waals surface area contributed by atoms with E-state index in [0.29, 0.717) is 11.4 Å². The summed E-state index contributed by atoms with van der Waals surface area (Å²) in [7, 11) is 1.34. The Balaban J connectivity index is 2.01. The second-order valence-electron chi connectivity index (χ2n) is 5.26. The summed E-state index contributed by atoms with van der Waals surface area (Å²) in [6.45, 7) is 3.92. The van der Waals surface area contributed by atoms with Crippen molar-refractivity contribution in [3.63, 3.8) is 0 Å². The van der Waals surface area contributed by atoms with Crippen LogP contribution >= 0.6 is 0 Å². The van der Waals surface area contributed by atoms with Gasteiger partial charge in [-0.15, -0.1) is 0 Å². The number of anilines is 2. The van der Waals surface area contributed by atoms with E-state index in [0.717, 1.165) is 12.1 Å². The van der Waals surface area contributed by atoms with Crippen molar-refractivity contribution in [1.29, 1.82) is 0 Å². The van der Waals surface area contributed by atoms with Gasteiger partial charge >= 0.3 is 5.97 Å². The normalized spacial score (nSPS) is 11.5. The first-order valence-electron chi connectivity index (χ1n) is 7.61. The van der Waals surface area contributed by atoms with E-state index in [2.05, 4.69) is 25.3 Å². The van der Waals surface area contributed by atoms with Gasteiger partial charge in [0.05, 0.1) is 25.1 Å². The number of esters is 1. The summed E-state index contributed by atoms with van der Waals surface area (Å²) in [6, 6.07) is 6.85. The van der Waals surface area contributed by atoms with Gasteiger partial charge in [-0.2, -0.15) is 0 Å². The molecule has 1 atom stereocenters. The number of ether oxygens (including phenoxy) is 1. The van der Waals surface area contributed by atoms with Crippen LogP contribution in [0.1, 0.15) is 41.1 Å². The Morgan fingerprint density at radius 3 is 2.42 bits per heavy atom. The van der Waals surface area contributed by atoms with Crippen molar-refractivity contribution in [3.05, 3.63) is 47.9 Å². The molecule has 0 fully saturated rings. The number of carbonyl (C=O) groups excluding carboxylic acids is 2. The lowest BCUT2D eigenvalue weighted by molar-refractivity contribution is 0.0600. The highest BCUT2D eigenvalue weighted by atomic mass is 16.5. The summed E-state index contributed by atoms with van der Waals surface area (Å²) in [5, 5.41) is 5.88. The molecule has 7 heteroatoms. The van der Waals surface area contributed by atoms with Crippen LogP contribution in [0.3, 0.4) is 0 Å². The highest BCUT2D eigenvalue weighted by Crippen LogP contribution is 2.15. The van der Waals surface area contributed by atoms with E-state index < -0.39 is 5.97 Å². The van der Waals surface area contributed by atoms with Crippen LogP contribution in [0.15, 0.2) is 36.7 Å². The predicted molar refractivity (Wildman–Crippen MR) is 90.3 cm³/mol. The van der Waals surface area contributed by atoms with Crippen LogP contribution < -0.4 is 10.6 Å². The Kier molecular flexibility index (Phi) is 5.83. The number of methoxy groups -OCH3 is 1. The lowest BCUT2D eigenvalue weighted by Gasteiger charge is -2.11. The van der Waals surface area contributed by atoms with Crippen molar-refractivity contribution in [3.8, 4) is 0 Å². The predicted octanol–water partition coefficient (Wildman–Crippen LogP) is 2.54. The molecule has 126 valence electrons. The summed E-state index contributed by atoms with van der Waals surface area (Å²) >= 11 is 0. The fourth-order valence-corrected chi connectivity index (χ4v) is 1.87. The molecule has 0 bridgehead atoms. The van der Waals surface area contributed by atoms with Gasteiger partial charge in [0.2, 0.25) is 0 Å². The first kappa shape index (κ1) is 17.4. The lowest BCUT2D eigenvalue weighted by Crippen LogP contribution is -2.32. The third-order valence-electron chi connectivity index (χ3n) is 3.45. The maximum Gasteiger partial charge on any atom is 0.337 e. The van der Waals surface area contributed by atoms with Gasteiger partial charge in [0.15, 0.2) is 0 Å². The molecule has 1 unspecified atom stereocenters. The summed E-state index contributed by atoms with van der Waals surface area (Å²) in [6.07, 6.45) is 3.75. The van der Waals surface area contributed by atoms with Gasteiger partial charge in [-0.1, -0.05) is 6.92 Å². The van der Waals surface area contributed by atoms with E-state index in [-0.39, 0.29) is 17.6 Å². The zero-order valence-corrected chi connectivity index (χ0v) is 13.9. The quantitative estimate of drug-likeness (QED) is 0.792. The number of benzene rings is 1. The third-order valence-corrected chi connectivity index (χ3v) is 3.45. The Morgan fingerprint density at radius 1 is 1.17 bits per heavy atom. The van der Waals surface area contributed by atoms with Crippen LogP contribution in [0.2, 0.25) is 0 Å². The van der Waals surface area contributed by atoms with E-state index >= 15 is 0 Å². The largest absolute Gasteiger partial charge is 0.465 e. The van der Waals surface area contributed by atoms with Crippen LogP contribution in [0.4, 0.5) is 11.5 Å². The highest BCUT2D eigenvalue weighted by molar-refractivity contribution is 5.92. The number of nitrogens with zero attached hydrogens (tertiary/aromatic N) is 2. The van der Waals surface area contributed by atoms with Gasteiger partial charge in [0, 0.05) is 11.7 Å². The van der Waals surface area contributed by atoms with E-state index in [9.17, 15) is 9.59 Å². The minimum absolute atomic E-state index is 0.0884. The molecule has 0 saturated carbocycles. The molecule has 0 aliphatic carbocycles. The molecular formula is C17H20N4O3. The van der Waals surface area contributed by atoms with Crippen molar-refractivity contribution in [2.75, 3.05) is 12.4 Å². The fraction of sp³-hybridized carbons (Fsp3) is 0.294. The van der Waals surface area contributed by atoms with Crippen molar-refractivity contribution >= 4 is 23.4 Å². The zero-order valence-electron chi connectivity index (χ0n) is 13.9. The zero-order chi connectivity index (χ0) is 17.5. The van der Waals surface area contributed by atoms with Crippen LogP contribution in [-0.4, -0.2) is 35.0 Å². The molecule has 0 radical (unpaired) electrons. The molecule has 7 nitrogen and oxygen atoms in total. The molecule has 2 N–H and O–H groups in total. The number of hydrogen-bond acceptors (Lipinski definition) is 6. The number of carbonyl (C=O) groups is 2. The first-order chi connectivity index (χ1) is 11.5. The van der Waals surface area contributed by atoms with Crippen molar-refractivity contribution < 1.29 is 14.3 Å². The molecular weight excluding hydrogens is 308 g/mol. The van der Waals surface area contributed by atoms with Crippen molar-refractivity contribution in [2.24, 2.45) is 0 Å². The molecule has 2 aromatic rings. The minimum atomic E-state index is -0.391. The lowest BCUT2D eigenvalue weighted by atomic mass is 10.2. The van der Waals surface area contributed by atoms with Gasteiger partial charge in [0.25, 0.3) is 5.91 Å². The average molecular weight is 328 g/mol. The smallest absolute Gasteiger partial charge is 0.337 e. The topological polar surface area (TPSA) is 93.2 Å². The SMILES string of the molecule is CCC(C)NC(=O)c1cnc(Nc2ccc(C(=O)OC)cc2)cn1. The summed E-state index contributed by atoms with van der Waals surface area (Å²) in [4.78, 5) is 31.6. The molecule has 1 aromatic carbocycles. The summed E-state index contributed by atoms with van der Waals surface area (Å²) in [5.41, 5.74) is 1.47. The van der Waals surface area contributed by atoms with Crippen LogP contribution in [-0.2, 0) is 4.74 Å². The molecule has 1 amide bonds. The Bertz CT molecular complexity index is 699. The maximum absolute atomic E-state index is 11.9. The maximum atomic E-state index is 11.9. The minimum Gasteiger partial charge on any atom is -0.465 e. The number of aromatic nitrogens is 2. The summed E-state index contributed by atoms with van der Waals surface area (Å²) in [5.74, 6) is -0.134. The Morgan fingerprint density at radius 2 is 1.88 bits per heavy atom. The number of hydrogen-bond donors (Lipinski definition) is 2. The fourth-order valence-electron chi connectivity index (χ4n) is 1.87. The van der Waals surface area contributed by atoms with Crippen molar-refractivity contribution in [2.45, 2.75) is 26.3 Å². The number of nitrogens with one attached hydrogen (secondary N) is 2. The molecule has 1 aromatic heterocycles. The average Bonchev–Trinajstić information content (AvgIpc) is 2.62. The molecule has 1 heterocycles. The van der Waals surface area contributed by atoms with E-state index in [4.69, 9.17) is 0 Å². The van der Waals surface area contributed by atoms with Gasteiger partial charge in [-0.25, -0.2) is 14.8 Å². The second kappa shape index (κ2) is 8.05. The van der Waals surface area contributed by atoms with E-state index in [1.165, 1.54) is 19.5 Å². The molecule has 0 spiro atoms. The molecule has 0 saturated heterocycles. The molecule has 2 rings (SSSR count). The Hall–Kier alpha value is -2.96. The number of amides is 1. The molecule has 24 heavy (non-hydrogen) atoms. The van der Waals surface area contributed by atoms with Gasteiger partial charge in [0.1, 0.15) is 11.5 Å². The summed E-state index contributed by atoms with van der Waals surface area (Å²) < 4.78 is 4.65. The third kappa shape index (κ3) is 4.52. The van der Waals surface area contributed by atoms with Gasteiger partial charge < -0.3 is 15.4 Å². The standard InChI is InChI=1S/C17H20N4O3/c1-4-11(2)20-16(22)14-9-19-15(10-18-14)21-13-7-5-12(6-8-13)17(23)24-3/h5-11H,4H2,1-3H3,(H,19,21)(H,20,22). The highest BCUT2D eigenvalue weighted by Gasteiger charge is 2.10. The second-order valence-corrected chi connectivity index (χ2v) is 5.26. The molecule has 0 aliphatic heterocycles. The Labute approximate surface area is 140 Å².